The monoisotopic (exact) mass is 298 g/mol. The van der Waals surface area contributed by atoms with Crippen LogP contribution in [0.25, 0.3) is 0 Å². The van der Waals surface area contributed by atoms with Crippen molar-refractivity contribution >= 4 is 15.9 Å². The van der Waals surface area contributed by atoms with E-state index in [1.54, 1.807) is 12.1 Å². The molecule has 0 saturated carbocycles. The summed E-state index contributed by atoms with van der Waals surface area (Å²) in [6, 6.07) is 6.23. The Kier molecular flexibility index (Phi) is 3.61. The molecule has 0 saturated heterocycles. The Bertz CT molecular complexity index is 527. The van der Waals surface area contributed by atoms with Crippen LogP contribution in [0, 0.1) is 12.7 Å². The van der Waals surface area contributed by atoms with Crippen molar-refractivity contribution in [3.05, 3.63) is 57.7 Å². The molecule has 2 rings (SSSR count). The highest BCUT2D eigenvalue weighted by Crippen LogP contribution is 2.30. The lowest BCUT2D eigenvalue weighted by atomic mass is 10.0. The van der Waals surface area contributed by atoms with Gasteiger partial charge in [0.05, 0.1) is 10.7 Å². The Balaban J connectivity index is 2.46. The van der Waals surface area contributed by atoms with Crippen LogP contribution in [0.2, 0.25) is 0 Å². The molecule has 3 nitrogen and oxygen atoms in total. The van der Waals surface area contributed by atoms with E-state index < -0.39 is 6.04 Å². The maximum Gasteiger partial charge on any atom is 0.140 e. The number of halogens is 2. The van der Waals surface area contributed by atoms with Crippen molar-refractivity contribution in [2.45, 2.75) is 13.0 Å². The van der Waals surface area contributed by atoms with E-state index >= 15 is 0 Å². The van der Waals surface area contributed by atoms with Crippen LogP contribution in [0.15, 0.2) is 39.4 Å². The average Bonchev–Trinajstić information content (AvgIpc) is 2.69. The quantitative estimate of drug-likeness (QED) is 0.676. The third-order valence-corrected chi connectivity index (χ3v) is 3.20. The van der Waals surface area contributed by atoms with E-state index in [4.69, 9.17) is 10.3 Å². The molecule has 0 radical (unpaired) electrons. The minimum absolute atomic E-state index is 0.309. The zero-order chi connectivity index (χ0) is 12.4. The van der Waals surface area contributed by atoms with Crippen LogP contribution >= 0.6 is 15.9 Å². The Labute approximate surface area is 107 Å². The summed E-state index contributed by atoms with van der Waals surface area (Å²) in [7, 11) is 0. The second-order valence-corrected chi connectivity index (χ2v) is 4.61. The normalized spacial score (nSPS) is 12.7. The summed E-state index contributed by atoms with van der Waals surface area (Å²) in [4.78, 5) is 0. The Morgan fingerprint density at radius 1 is 1.41 bits per heavy atom. The first-order chi connectivity index (χ1) is 8.13. The maximum absolute atomic E-state index is 13.9. The number of nitrogens with one attached hydrogen (secondary N) is 1. The molecule has 0 aliphatic carbocycles. The molecule has 0 aliphatic rings. The van der Waals surface area contributed by atoms with Gasteiger partial charge >= 0.3 is 0 Å². The van der Waals surface area contributed by atoms with Gasteiger partial charge in [-0.1, -0.05) is 12.1 Å². The van der Waals surface area contributed by atoms with Crippen molar-refractivity contribution < 1.29 is 8.81 Å². The average molecular weight is 299 g/mol. The van der Waals surface area contributed by atoms with E-state index in [0.717, 1.165) is 10.0 Å². The van der Waals surface area contributed by atoms with Gasteiger partial charge in [0, 0.05) is 5.56 Å². The van der Waals surface area contributed by atoms with Crippen LogP contribution in [0.3, 0.4) is 0 Å². The van der Waals surface area contributed by atoms with Gasteiger partial charge in [0.1, 0.15) is 17.6 Å². The van der Waals surface area contributed by atoms with Gasteiger partial charge in [-0.3, -0.25) is 5.84 Å². The molecule has 1 heterocycles. The van der Waals surface area contributed by atoms with E-state index in [1.807, 2.05) is 13.0 Å². The first kappa shape index (κ1) is 12.3. The van der Waals surface area contributed by atoms with Gasteiger partial charge in [-0.2, -0.15) is 0 Å². The SMILES string of the molecule is Cc1ccc(C(NN)c2occc2Br)c(F)c1. The second kappa shape index (κ2) is 5.00. The number of furan rings is 1. The Morgan fingerprint density at radius 3 is 2.71 bits per heavy atom. The second-order valence-electron chi connectivity index (χ2n) is 3.76. The highest BCUT2D eigenvalue weighted by molar-refractivity contribution is 9.10. The van der Waals surface area contributed by atoms with E-state index in [2.05, 4.69) is 21.4 Å². The zero-order valence-corrected chi connectivity index (χ0v) is 10.8. The van der Waals surface area contributed by atoms with Crippen molar-refractivity contribution in [1.29, 1.82) is 0 Å². The molecule has 0 fully saturated rings. The van der Waals surface area contributed by atoms with Crippen LogP contribution in [0.1, 0.15) is 22.9 Å². The summed E-state index contributed by atoms with van der Waals surface area (Å²) in [5.74, 6) is 5.72. The molecule has 1 aromatic carbocycles. The van der Waals surface area contributed by atoms with Gasteiger partial charge in [-0.05, 0) is 40.5 Å². The molecule has 90 valence electrons. The smallest absolute Gasteiger partial charge is 0.140 e. The third-order valence-electron chi connectivity index (χ3n) is 2.54. The molecule has 0 spiro atoms. The maximum atomic E-state index is 13.9. The summed E-state index contributed by atoms with van der Waals surface area (Å²) in [5, 5.41) is 0. The number of benzene rings is 1. The van der Waals surface area contributed by atoms with Gasteiger partial charge in [0.2, 0.25) is 0 Å². The fraction of sp³-hybridized carbons (Fsp3) is 0.167. The largest absolute Gasteiger partial charge is 0.466 e. The molecule has 1 unspecified atom stereocenters. The van der Waals surface area contributed by atoms with Crippen molar-refractivity contribution in [2.75, 3.05) is 0 Å². The molecule has 5 heteroatoms. The number of hydrazine groups is 1. The molecule has 1 atom stereocenters. The lowest BCUT2D eigenvalue weighted by Gasteiger charge is -2.15. The minimum Gasteiger partial charge on any atom is -0.466 e. The van der Waals surface area contributed by atoms with Crippen LogP contribution in [0.5, 0.6) is 0 Å². The summed E-state index contributed by atoms with van der Waals surface area (Å²) < 4.78 is 19.9. The topological polar surface area (TPSA) is 51.2 Å². The minimum atomic E-state index is -0.514. The van der Waals surface area contributed by atoms with E-state index in [9.17, 15) is 4.39 Å². The number of rotatable bonds is 3. The first-order valence-corrected chi connectivity index (χ1v) is 5.88. The molecule has 17 heavy (non-hydrogen) atoms. The van der Waals surface area contributed by atoms with Crippen LogP contribution < -0.4 is 11.3 Å². The van der Waals surface area contributed by atoms with Crippen molar-refractivity contribution in [3.8, 4) is 0 Å². The van der Waals surface area contributed by atoms with E-state index in [1.165, 1.54) is 12.3 Å². The van der Waals surface area contributed by atoms with Crippen molar-refractivity contribution in [3.63, 3.8) is 0 Å². The van der Waals surface area contributed by atoms with Crippen LogP contribution in [-0.4, -0.2) is 0 Å². The predicted molar refractivity (Wildman–Crippen MR) is 66.7 cm³/mol. The number of aryl methyl sites for hydroxylation is 1. The Hall–Kier alpha value is -1.17. The number of nitrogens with two attached hydrogens (primary N) is 1. The summed E-state index contributed by atoms with van der Waals surface area (Å²) in [5.41, 5.74) is 3.87. The standard InChI is InChI=1S/C12H12BrFN2O/c1-7-2-3-8(10(14)6-7)11(16-15)12-9(13)4-5-17-12/h2-6,11,16H,15H2,1H3. The fourth-order valence-electron chi connectivity index (χ4n) is 1.68. The molecule has 0 bridgehead atoms. The lowest BCUT2D eigenvalue weighted by Crippen LogP contribution is -2.29. The molecule has 0 aliphatic heterocycles. The highest BCUT2D eigenvalue weighted by atomic mass is 79.9. The molecule has 0 amide bonds. The lowest BCUT2D eigenvalue weighted by molar-refractivity contribution is 0.439. The number of hydrogen-bond donors (Lipinski definition) is 2. The highest BCUT2D eigenvalue weighted by Gasteiger charge is 2.21. The Morgan fingerprint density at radius 2 is 2.18 bits per heavy atom. The first-order valence-electron chi connectivity index (χ1n) is 5.08. The number of hydrogen-bond acceptors (Lipinski definition) is 3. The summed E-state index contributed by atoms with van der Waals surface area (Å²) in [6.45, 7) is 1.83. The molecule has 1 aromatic heterocycles. The summed E-state index contributed by atoms with van der Waals surface area (Å²) >= 11 is 3.33. The van der Waals surface area contributed by atoms with E-state index in [-0.39, 0.29) is 5.82 Å². The van der Waals surface area contributed by atoms with Gasteiger partial charge in [-0.25, -0.2) is 9.82 Å². The van der Waals surface area contributed by atoms with Gasteiger partial charge in [-0.15, -0.1) is 0 Å². The molecule has 3 N–H and O–H groups in total. The fourth-order valence-corrected chi connectivity index (χ4v) is 2.11. The third kappa shape index (κ3) is 2.41. The van der Waals surface area contributed by atoms with Crippen molar-refractivity contribution in [1.82, 2.24) is 5.43 Å². The zero-order valence-electron chi connectivity index (χ0n) is 9.21. The predicted octanol–water partition coefficient (Wildman–Crippen LogP) is 3.04. The van der Waals surface area contributed by atoms with Gasteiger partial charge < -0.3 is 4.42 Å². The van der Waals surface area contributed by atoms with Crippen LogP contribution in [0.4, 0.5) is 4.39 Å². The molecular formula is C12H12BrFN2O. The molecular weight excluding hydrogens is 287 g/mol. The van der Waals surface area contributed by atoms with E-state index in [0.29, 0.717) is 11.3 Å². The van der Waals surface area contributed by atoms with Gasteiger partial charge in [0.15, 0.2) is 0 Å². The van der Waals surface area contributed by atoms with Crippen molar-refractivity contribution in [2.24, 2.45) is 5.84 Å². The molecule has 2 aromatic rings. The summed E-state index contributed by atoms with van der Waals surface area (Å²) in [6.07, 6.45) is 1.52. The van der Waals surface area contributed by atoms with Crippen LogP contribution in [-0.2, 0) is 0 Å². The van der Waals surface area contributed by atoms with Gasteiger partial charge in [0.25, 0.3) is 0 Å².